The van der Waals surface area contributed by atoms with Crippen molar-refractivity contribution in [2.75, 3.05) is 27.3 Å². The van der Waals surface area contributed by atoms with Crippen molar-refractivity contribution in [3.05, 3.63) is 59.9 Å². The zero-order valence-electron chi connectivity index (χ0n) is 15.9. The van der Waals surface area contributed by atoms with Crippen LogP contribution in [0.4, 0.5) is 4.39 Å². The molecule has 0 saturated heterocycles. The fraction of sp³-hybridized carbons (Fsp3) is 0.409. The number of benzene rings is 2. The summed E-state index contributed by atoms with van der Waals surface area (Å²) in [5, 5.41) is 0. The monoisotopic (exact) mass is 371 g/mol. The number of ether oxygens (including phenoxy) is 2. The van der Waals surface area contributed by atoms with Gasteiger partial charge in [0.05, 0.1) is 19.1 Å². The Morgan fingerprint density at radius 2 is 1.63 bits per heavy atom. The van der Waals surface area contributed by atoms with Crippen molar-refractivity contribution >= 4 is 5.91 Å². The molecule has 0 aliphatic heterocycles. The van der Waals surface area contributed by atoms with E-state index >= 15 is 0 Å². The van der Waals surface area contributed by atoms with Crippen LogP contribution in [0, 0.1) is 5.82 Å². The lowest BCUT2D eigenvalue weighted by Gasteiger charge is -2.33. The number of likely N-dealkylation sites (N-methyl/N-ethyl adjacent to an activating group) is 1. The minimum atomic E-state index is -0.539. The average Bonchev–Trinajstić information content (AvgIpc) is 3.19. The lowest BCUT2D eigenvalue weighted by atomic mass is 9.77. The number of halogens is 1. The van der Waals surface area contributed by atoms with Crippen LogP contribution in [0.2, 0.25) is 0 Å². The first-order chi connectivity index (χ1) is 13.0. The number of nitrogens with zero attached hydrogens (tertiary/aromatic N) is 1. The van der Waals surface area contributed by atoms with Gasteiger partial charge in [-0.2, -0.15) is 0 Å². The van der Waals surface area contributed by atoms with Crippen LogP contribution in [-0.2, 0) is 10.2 Å². The van der Waals surface area contributed by atoms with E-state index in [1.165, 1.54) is 12.1 Å². The second-order valence-electron chi connectivity index (χ2n) is 7.05. The fourth-order valence-electron chi connectivity index (χ4n) is 3.81. The predicted molar refractivity (Wildman–Crippen MR) is 103 cm³/mol. The van der Waals surface area contributed by atoms with Gasteiger partial charge in [0.25, 0.3) is 0 Å². The molecule has 1 fully saturated rings. The van der Waals surface area contributed by atoms with E-state index in [0.717, 1.165) is 42.7 Å². The van der Waals surface area contributed by atoms with Crippen molar-refractivity contribution in [2.45, 2.75) is 31.1 Å². The first-order valence-corrected chi connectivity index (χ1v) is 9.34. The molecular weight excluding hydrogens is 345 g/mol. The van der Waals surface area contributed by atoms with E-state index < -0.39 is 5.41 Å². The number of carbonyl (C=O) groups is 1. The highest BCUT2D eigenvalue weighted by molar-refractivity contribution is 5.88. The van der Waals surface area contributed by atoms with Crippen LogP contribution in [0.3, 0.4) is 0 Å². The van der Waals surface area contributed by atoms with Crippen molar-refractivity contribution < 1.29 is 18.7 Å². The summed E-state index contributed by atoms with van der Waals surface area (Å²) < 4.78 is 24.2. The Balaban J connectivity index is 1.62. The first kappa shape index (κ1) is 19.2. The van der Waals surface area contributed by atoms with E-state index in [9.17, 15) is 9.18 Å². The molecular formula is C22H26FNO3. The third-order valence-corrected chi connectivity index (χ3v) is 5.36. The number of methoxy groups -OCH3 is 1. The molecule has 1 saturated carbocycles. The largest absolute Gasteiger partial charge is 0.497 e. The summed E-state index contributed by atoms with van der Waals surface area (Å²) >= 11 is 0. The molecule has 0 atom stereocenters. The van der Waals surface area contributed by atoms with Gasteiger partial charge in [0.2, 0.25) is 5.91 Å². The Hall–Kier alpha value is -2.56. The van der Waals surface area contributed by atoms with Gasteiger partial charge >= 0.3 is 0 Å². The molecule has 0 radical (unpaired) electrons. The van der Waals surface area contributed by atoms with Crippen LogP contribution in [0.15, 0.2) is 48.5 Å². The Kier molecular flexibility index (Phi) is 5.99. The maximum atomic E-state index is 13.3. The fourth-order valence-corrected chi connectivity index (χ4v) is 3.81. The topological polar surface area (TPSA) is 38.8 Å². The van der Waals surface area contributed by atoms with Gasteiger partial charge in [0.1, 0.15) is 23.9 Å². The summed E-state index contributed by atoms with van der Waals surface area (Å²) in [4.78, 5) is 15.0. The van der Waals surface area contributed by atoms with Gasteiger partial charge in [-0.15, -0.1) is 0 Å². The molecule has 0 spiro atoms. The van der Waals surface area contributed by atoms with Crippen LogP contribution in [-0.4, -0.2) is 38.1 Å². The Morgan fingerprint density at radius 1 is 1.04 bits per heavy atom. The van der Waals surface area contributed by atoms with Crippen molar-refractivity contribution in [2.24, 2.45) is 0 Å². The molecule has 1 amide bonds. The van der Waals surface area contributed by atoms with E-state index in [-0.39, 0.29) is 11.7 Å². The van der Waals surface area contributed by atoms with Crippen molar-refractivity contribution in [3.63, 3.8) is 0 Å². The quantitative estimate of drug-likeness (QED) is 0.733. The molecule has 2 aromatic rings. The molecule has 4 nitrogen and oxygen atoms in total. The third kappa shape index (κ3) is 4.24. The molecule has 0 bridgehead atoms. The van der Waals surface area contributed by atoms with Gasteiger partial charge < -0.3 is 14.4 Å². The zero-order valence-corrected chi connectivity index (χ0v) is 15.9. The summed E-state index contributed by atoms with van der Waals surface area (Å²) in [6.45, 7) is 0.905. The van der Waals surface area contributed by atoms with E-state index in [1.54, 1.807) is 24.1 Å². The van der Waals surface area contributed by atoms with Crippen molar-refractivity contribution in [1.82, 2.24) is 4.90 Å². The molecule has 0 unspecified atom stereocenters. The van der Waals surface area contributed by atoms with Gasteiger partial charge in [0.15, 0.2) is 0 Å². The molecule has 3 rings (SSSR count). The lowest BCUT2D eigenvalue weighted by Crippen LogP contribution is -2.45. The van der Waals surface area contributed by atoms with E-state index in [1.807, 2.05) is 31.3 Å². The molecule has 144 valence electrons. The summed E-state index contributed by atoms with van der Waals surface area (Å²) in [5.41, 5.74) is 0.372. The number of rotatable bonds is 7. The molecule has 0 N–H and O–H groups in total. The maximum Gasteiger partial charge on any atom is 0.233 e. The zero-order chi connectivity index (χ0) is 19.3. The highest BCUT2D eigenvalue weighted by atomic mass is 19.1. The Labute approximate surface area is 159 Å². The first-order valence-electron chi connectivity index (χ1n) is 9.34. The second-order valence-corrected chi connectivity index (χ2v) is 7.05. The van der Waals surface area contributed by atoms with Gasteiger partial charge in [-0.3, -0.25) is 4.79 Å². The number of carbonyl (C=O) groups excluding carboxylic acids is 1. The smallest absolute Gasteiger partial charge is 0.233 e. The van der Waals surface area contributed by atoms with Gasteiger partial charge in [0, 0.05) is 7.05 Å². The highest BCUT2D eigenvalue weighted by Crippen LogP contribution is 2.42. The van der Waals surface area contributed by atoms with E-state index in [2.05, 4.69) is 0 Å². The summed E-state index contributed by atoms with van der Waals surface area (Å²) in [6, 6.07) is 13.7. The van der Waals surface area contributed by atoms with Crippen LogP contribution >= 0.6 is 0 Å². The summed E-state index contributed by atoms with van der Waals surface area (Å²) in [7, 11) is 3.43. The third-order valence-electron chi connectivity index (χ3n) is 5.36. The van der Waals surface area contributed by atoms with Crippen LogP contribution < -0.4 is 9.47 Å². The summed E-state index contributed by atoms with van der Waals surface area (Å²) in [5.74, 6) is 1.33. The SMILES string of the molecule is COc1ccc(OCCN(C)C(=O)C2(c3ccc(F)cc3)CCCC2)cc1. The van der Waals surface area contributed by atoms with Crippen LogP contribution in [0.5, 0.6) is 11.5 Å². The van der Waals surface area contributed by atoms with Crippen molar-refractivity contribution in [1.29, 1.82) is 0 Å². The van der Waals surface area contributed by atoms with E-state index in [0.29, 0.717) is 13.2 Å². The normalized spacial score (nSPS) is 15.4. The van der Waals surface area contributed by atoms with Crippen molar-refractivity contribution in [3.8, 4) is 11.5 Å². The number of hydrogen-bond acceptors (Lipinski definition) is 3. The van der Waals surface area contributed by atoms with Gasteiger partial charge in [-0.05, 0) is 54.8 Å². The average molecular weight is 371 g/mol. The molecule has 0 heterocycles. The summed E-state index contributed by atoms with van der Waals surface area (Å²) in [6.07, 6.45) is 3.64. The van der Waals surface area contributed by atoms with Gasteiger partial charge in [-0.1, -0.05) is 25.0 Å². The number of hydrogen-bond donors (Lipinski definition) is 0. The second kappa shape index (κ2) is 8.42. The number of amides is 1. The Bertz CT molecular complexity index is 752. The van der Waals surface area contributed by atoms with Crippen LogP contribution in [0.25, 0.3) is 0 Å². The molecule has 27 heavy (non-hydrogen) atoms. The standard InChI is InChI=1S/C22H26FNO3/c1-24(15-16-27-20-11-9-19(26-2)10-12-20)21(25)22(13-3-4-14-22)17-5-7-18(23)8-6-17/h5-12H,3-4,13-16H2,1-2H3. The molecule has 2 aromatic carbocycles. The van der Waals surface area contributed by atoms with E-state index in [4.69, 9.17) is 9.47 Å². The molecule has 5 heteroatoms. The minimum absolute atomic E-state index is 0.0879. The highest BCUT2D eigenvalue weighted by Gasteiger charge is 2.44. The van der Waals surface area contributed by atoms with Gasteiger partial charge in [-0.25, -0.2) is 4.39 Å². The predicted octanol–water partition coefficient (Wildman–Crippen LogP) is 4.18. The molecule has 0 aromatic heterocycles. The molecule has 1 aliphatic carbocycles. The minimum Gasteiger partial charge on any atom is -0.497 e. The molecule has 1 aliphatic rings. The lowest BCUT2D eigenvalue weighted by molar-refractivity contribution is -0.136. The van der Waals surface area contributed by atoms with Crippen LogP contribution in [0.1, 0.15) is 31.2 Å². The maximum absolute atomic E-state index is 13.3. The Morgan fingerprint density at radius 3 is 2.22 bits per heavy atom.